The van der Waals surface area contributed by atoms with Gasteiger partial charge >= 0.3 is 6.03 Å². The molecule has 6 rings (SSSR count). The van der Waals surface area contributed by atoms with Gasteiger partial charge in [0.05, 0.1) is 5.69 Å². The van der Waals surface area contributed by atoms with Crippen LogP contribution in [0.3, 0.4) is 0 Å². The minimum absolute atomic E-state index is 0.0621. The van der Waals surface area contributed by atoms with E-state index in [0.717, 1.165) is 50.7 Å². The Morgan fingerprint density at radius 1 is 0.956 bits per heavy atom. The summed E-state index contributed by atoms with van der Waals surface area (Å²) in [4.78, 5) is 50.5. The second-order valence-electron chi connectivity index (χ2n) is 12.0. The lowest BCUT2D eigenvalue weighted by Gasteiger charge is -2.39. The van der Waals surface area contributed by atoms with Crippen LogP contribution in [0.25, 0.3) is 0 Å². The van der Waals surface area contributed by atoms with Crippen LogP contribution in [0, 0.1) is 11.8 Å². The Morgan fingerprint density at radius 2 is 1.62 bits per heavy atom. The van der Waals surface area contributed by atoms with Crippen molar-refractivity contribution in [2.45, 2.75) is 31.7 Å². The molecule has 0 bridgehead atoms. The Hall–Kier alpha value is -3.64. The molecule has 2 saturated heterocycles. The number of piperidine rings is 1. The molecular formula is C33H37Br2N7O3. The molecule has 4 amide bonds. The smallest absolute Gasteiger partial charge is 0.318 e. The summed E-state index contributed by atoms with van der Waals surface area (Å²) in [6, 6.07) is 14.7. The van der Waals surface area contributed by atoms with Gasteiger partial charge in [-0.15, -0.1) is 0 Å². The first kappa shape index (κ1) is 31.3. The zero-order valence-electron chi connectivity index (χ0n) is 24.9. The van der Waals surface area contributed by atoms with Crippen LogP contribution in [-0.4, -0.2) is 77.9 Å². The third-order valence-electron chi connectivity index (χ3n) is 9.24. The Morgan fingerprint density at radius 3 is 2.31 bits per heavy atom. The molecule has 3 aliphatic rings. The first-order valence-corrected chi connectivity index (χ1v) is 17.0. The van der Waals surface area contributed by atoms with Gasteiger partial charge < -0.3 is 31.1 Å². The number of urea groups is 1. The van der Waals surface area contributed by atoms with Gasteiger partial charge in [0.15, 0.2) is 0 Å². The van der Waals surface area contributed by atoms with Gasteiger partial charge in [-0.2, -0.15) is 0 Å². The third kappa shape index (κ3) is 7.12. The highest BCUT2D eigenvalue weighted by Gasteiger charge is 2.37. The summed E-state index contributed by atoms with van der Waals surface area (Å²) in [6.45, 7) is 3.57. The lowest BCUT2D eigenvalue weighted by Crippen LogP contribution is -2.58. The number of nitrogens with two attached hydrogens (primary N) is 1. The highest BCUT2D eigenvalue weighted by Crippen LogP contribution is 2.34. The fourth-order valence-electron chi connectivity index (χ4n) is 6.65. The summed E-state index contributed by atoms with van der Waals surface area (Å²) < 4.78 is 1.46. The Kier molecular flexibility index (Phi) is 9.60. The average molecular weight is 740 g/mol. The largest absolute Gasteiger partial charge is 0.397 e. The number of hydrogen-bond acceptors (Lipinski definition) is 6. The van der Waals surface area contributed by atoms with Crippen molar-refractivity contribution in [3.8, 4) is 0 Å². The Balaban J connectivity index is 1.11. The third-order valence-corrected chi connectivity index (χ3v) is 10.6. The first-order valence-electron chi connectivity index (χ1n) is 15.4. The number of carbonyl (C=O) groups excluding carboxylic acids is 3. The van der Waals surface area contributed by atoms with Crippen LogP contribution in [0.5, 0.6) is 0 Å². The molecule has 12 heteroatoms. The van der Waals surface area contributed by atoms with Gasteiger partial charge in [-0.3, -0.25) is 14.6 Å². The molecule has 3 aromatic rings. The molecule has 0 spiro atoms. The van der Waals surface area contributed by atoms with Crippen molar-refractivity contribution in [2.24, 2.45) is 11.8 Å². The Bertz CT molecular complexity index is 1530. The molecule has 2 aromatic carbocycles. The zero-order chi connectivity index (χ0) is 31.5. The van der Waals surface area contributed by atoms with Gasteiger partial charge in [0.2, 0.25) is 11.8 Å². The van der Waals surface area contributed by atoms with Crippen LogP contribution in [0.4, 0.5) is 21.9 Å². The molecule has 236 valence electrons. The summed E-state index contributed by atoms with van der Waals surface area (Å²) in [5.74, 6) is 0.0509. The van der Waals surface area contributed by atoms with E-state index in [9.17, 15) is 14.4 Å². The number of likely N-dealkylation sites (tertiary alicyclic amines) is 1. The van der Waals surface area contributed by atoms with Crippen molar-refractivity contribution in [2.75, 3.05) is 55.2 Å². The number of halogens is 2. The number of carbonyl (C=O) groups is 3. The number of para-hydroxylation sites is 1. The van der Waals surface area contributed by atoms with Gasteiger partial charge in [0.25, 0.3) is 0 Å². The summed E-state index contributed by atoms with van der Waals surface area (Å²) in [6.07, 6.45) is 6.06. The molecule has 0 aliphatic carbocycles. The van der Waals surface area contributed by atoms with Crippen molar-refractivity contribution in [1.82, 2.24) is 20.1 Å². The van der Waals surface area contributed by atoms with E-state index >= 15 is 0 Å². The number of pyridine rings is 1. The van der Waals surface area contributed by atoms with E-state index in [1.807, 2.05) is 47.4 Å². The van der Waals surface area contributed by atoms with E-state index < -0.39 is 6.04 Å². The number of fused-ring (bicyclic) bond motifs is 1. The number of nitrogens with zero attached hydrogens (tertiary/aromatic N) is 4. The maximum absolute atomic E-state index is 14.0. The van der Waals surface area contributed by atoms with Crippen molar-refractivity contribution in [3.63, 3.8) is 0 Å². The quantitative estimate of drug-likeness (QED) is 0.316. The van der Waals surface area contributed by atoms with E-state index in [0.29, 0.717) is 51.4 Å². The van der Waals surface area contributed by atoms with E-state index in [1.54, 1.807) is 17.3 Å². The number of amides is 4. The molecule has 2 atom stereocenters. The molecule has 0 radical (unpaired) electrons. The van der Waals surface area contributed by atoms with Gasteiger partial charge in [0, 0.05) is 84.3 Å². The predicted octanol–water partition coefficient (Wildman–Crippen LogP) is 4.68. The van der Waals surface area contributed by atoms with Gasteiger partial charge in [0.1, 0.15) is 6.04 Å². The maximum Gasteiger partial charge on any atom is 0.318 e. The molecule has 45 heavy (non-hydrogen) atoms. The molecule has 10 nitrogen and oxygen atoms in total. The minimum Gasteiger partial charge on any atom is -0.397 e. The van der Waals surface area contributed by atoms with Gasteiger partial charge in [-0.05, 0) is 98.5 Å². The van der Waals surface area contributed by atoms with Crippen LogP contribution >= 0.6 is 31.9 Å². The number of piperazine rings is 1. The van der Waals surface area contributed by atoms with E-state index in [1.165, 1.54) is 0 Å². The zero-order valence-corrected chi connectivity index (χ0v) is 28.1. The van der Waals surface area contributed by atoms with Gasteiger partial charge in [-0.25, -0.2) is 4.79 Å². The molecule has 0 saturated carbocycles. The first-order chi connectivity index (χ1) is 21.8. The lowest BCUT2D eigenvalue weighted by atomic mass is 9.78. The van der Waals surface area contributed by atoms with Gasteiger partial charge in [-0.1, -0.05) is 18.2 Å². The number of anilines is 3. The summed E-state index contributed by atoms with van der Waals surface area (Å²) in [5.41, 5.74) is 10.7. The molecule has 4 N–H and O–H groups in total. The van der Waals surface area contributed by atoms with Crippen LogP contribution < -0.4 is 21.3 Å². The predicted molar refractivity (Wildman–Crippen MR) is 182 cm³/mol. The normalized spacial score (nSPS) is 19.5. The topological polar surface area (TPSA) is 124 Å². The summed E-state index contributed by atoms with van der Waals surface area (Å²) in [5, 5.41) is 6.14. The molecule has 4 heterocycles. The van der Waals surface area contributed by atoms with Crippen LogP contribution in [0.1, 0.15) is 24.0 Å². The van der Waals surface area contributed by atoms with Crippen molar-refractivity contribution >= 4 is 66.8 Å². The molecule has 1 unspecified atom stereocenters. The highest BCUT2D eigenvalue weighted by molar-refractivity contribution is 9.11. The molecule has 2 fully saturated rings. The van der Waals surface area contributed by atoms with E-state index in [4.69, 9.17) is 5.73 Å². The monoisotopic (exact) mass is 737 g/mol. The lowest BCUT2D eigenvalue weighted by molar-refractivity contribution is -0.133. The average Bonchev–Trinajstić information content (AvgIpc) is 3.06. The van der Waals surface area contributed by atoms with Crippen molar-refractivity contribution in [1.29, 1.82) is 0 Å². The number of nitrogens with one attached hydrogen (secondary N) is 2. The SMILES string of the molecule is Nc1c(Br)cc(C[C@@H](NC(=O)N2CCC(C3Cc4ccccc4NC3=O)CC2)C(=O)N2CCN(c3ccncc3)CC2)cc1Br. The number of benzene rings is 2. The fraction of sp³-hybridized carbons (Fsp3) is 0.394. The van der Waals surface area contributed by atoms with Crippen LogP contribution in [0.15, 0.2) is 69.9 Å². The van der Waals surface area contributed by atoms with Crippen LogP contribution in [-0.2, 0) is 22.4 Å². The number of nitrogen functional groups attached to an aromatic ring is 1. The Labute approximate surface area is 280 Å². The number of aromatic nitrogens is 1. The van der Waals surface area contributed by atoms with E-state index in [2.05, 4.69) is 58.4 Å². The minimum atomic E-state index is -0.745. The number of hydrogen-bond donors (Lipinski definition) is 3. The molecule has 1 aromatic heterocycles. The standard InChI is InChI=1S/C33H37Br2N7O3/c34-26-17-21(18-27(35)30(26)36)19-29(32(44)41-15-13-40(14-16-41)24-5-9-37-10-6-24)39-33(45)42-11-7-22(8-12-42)25-20-23-3-1-2-4-28(23)38-31(25)43/h1-6,9-10,17-18,22,25,29H,7-8,11-16,19-20,36H2,(H,38,43)(H,39,45)/t25?,29-/m1/s1. The molecular weight excluding hydrogens is 702 g/mol. The maximum atomic E-state index is 14.0. The highest BCUT2D eigenvalue weighted by atomic mass is 79.9. The van der Waals surface area contributed by atoms with E-state index in [-0.39, 0.29) is 29.7 Å². The second-order valence-corrected chi connectivity index (χ2v) is 13.7. The molecule has 3 aliphatic heterocycles. The van der Waals surface area contributed by atoms with Crippen molar-refractivity contribution in [3.05, 3.63) is 81.0 Å². The van der Waals surface area contributed by atoms with Crippen molar-refractivity contribution < 1.29 is 14.4 Å². The summed E-state index contributed by atoms with van der Waals surface area (Å²) in [7, 11) is 0. The number of rotatable bonds is 6. The fourth-order valence-corrected chi connectivity index (χ4v) is 7.93. The van der Waals surface area contributed by atoms with Crippen LogP contribution in [0.2, 0.25) is 0 Å². The summed E-state index contributed by atoms with van der Waals surface area (Å²) >= 11 is 7.02. The second kappa shape index (κ2) is 13.8.